The largest absolute Gasteiger partial charge is 0.475 e. The molecule has 1 atom stereocenters. The van der Waals surface area contributed by atoms with E-state index >= 15 is 0 Å². The lowest BCUT2D eigenvalue weighted by atomic mass is 9.94. The van der Waals surface area contributed by atoms with Gasteiger partial charge >= 0.3 is 0 Å². The van der Waals surface area contributed by atoms with Crippen LogP contribution in [0.25, 0.3) is 22.2 Å². The van der Waals surface area contributed by atoms with Crippen LogP contribution in [0.4, 0.5) is 0 Å². The van der Waals surface area contributed by atoms with Gasteiger partial charge in [0.1, 0.15) is 12.3 Å². The highest BCUT2D eigenvalue weighted by atomic mass is 35.5. The molecular weight excluding hydrogens is 416 g/mol. The van der Waals surface area contributed by atoms with Crippen LogP contribution in [-0.4, -0.2) is 28.5 Å². The van der Waals surface area contributed by atoms with E-state index in [1.165, 1.54) is 0 Å². The number of nitriles is 1. The first-order chi connectivity index (χ1) is 14.7. The average Bonchev–Trinajstić information content (AvgIpc) is 3.21. The van der Waals surface area contributed by atoms with E-state index < -0.39 is 0 Å². The van der Waals surface area contributed by atoms with E-state index in [0.29, 0.717) is 29.1 Å². The molecule has 0 saturated heterocycles. The van der Waals surface area contributed by atoms with Crippen molar-refractivity contribution in [1.29, 1.82) is 5.26 Å². The second-order valence-electron chi connectivity index (χ2n) is 6.79. The molecular formula is C23H21ClN4O3. The van der Waals surface area contributed by atoms with Crippen molar-refractivity contribution in [2.75, 3.05) is 13.2 Å². The molecule has 4 aromatic rings. The fraction of sp³-hybridized carbons (Fsp3) is 0.174. The number of ether oxygens (including phenoxy) is 1. The summed E-state index contributed by atoms with van der Waals surface area (Å²) in [5.41, 5.74) is 10.9. The van der Waals surface area contributed by atoms with E-state index in [0.717, 1.165) is 22.2 Å². The van der Waals surface area contributed by atoms with E-state index in [2.05, 4.69) is 16.2 Å². The minimum Gasteiger partial charge on any atom is -0.475 e. The number of nitrogens with two attached hydrogens (primary N) is 1. The molecule has 0 spiro atoms. The number of rotatable bonds is 7. The van der Waals surface area contributed by atoms with Crippen LogP contribution in [0.5, 0.6) is 5.88 Å². The van der Waals surface area contributed by atoms with Gasteiger partial charge in [-0.05, 0) is 23.8 Å². The summed E-state index contributed by atoms with van der Waals surface area (Å²) in [6, 6.07) is 20.3. The Balaban J connectivity index is 0.00000272. The lowest BCUT2D eigenvalue weighted by Gasteiger charge is -2.16. The summed E-state index contributed by atoms with van der Waals surface area (Å²) in [5.74, 6) is 0.456. The molecule has 0 amide bonds. The Bertz CT molecular complexity index is 1220. The van der Waals surface area contributed by atoms with E-state index in [1.54, 1.807) is 18.2 Å². The Kier molecular flexibility index (Phi) is 7.21. The number of halogens is 1. The van der Waals surface area contributed by atoms with E-state index in [-0.39, 0.29) is 31.7 Å². The number of pyridine rings is 1. The summed E-state index contributed by atoms with van der Waals surface area (Å²) >= 11 is 0. The SMILES string of the molecule is Cl.N#Cc1ccc2c(-c3ccccc3[C@@H](N)Cc3cccc(OCCO)n3)noc2c1. The predicted octanol–water partition coefficient (Wildman–Crippen LogP) is 3.80. The third-order valence-electron chi connectivity index (χ3n) is 4.77. The van der Waals surface area contributed by atoms with Gasteiger partial charge in [-0.25, -0.2) is 4.98 Å². The lowest BCUT2D eigenvalue weighted by molar-refractivity contribution is 0.196. The maximum absolute atomic E-state index is 9.09. The lowest BCUT2D eigenvalue weighted by Crippen LogP contribution is -2.15. The molecule has 0 fully saturated rings. The molecule has 8 heteroatoms. The third-order valence-corrected chi connectivity index (χ3v) is 4.77. The van der Waals surface area contributed by atoms with E-state index in [9.17, 15) is 0 Å². The van der Waals surface area contributed by atoms with Crippen LogP contribution in [0, 0.1) is 11.3 Å². The van der Waals surface area contributed by atoms with E-state index in [1.807, 2.05) is 42.5 Å². The van der Waals surface area contributed by atoms with Crippen LogP contribution in [0.2, 0.25) is 0 Å². The monoisotopic (exact) mass is 436 g/mol. The zero-order valence-corrected chi connectivity index (χ0v) is 17.4. The normalized spacial score (nSPS) is 11.5. The molecule has 31 heavy (non-hydrogen) atoms. The average molecular weight is 437 g/mol. The Morgan fingerprint density at radius 3 is 2.77 bits per heavy atom. The first kappa shape index (κ1) is 22.2. The number of nitrogens with zero attached hydrogens (tertiary/aromatic N) is 3. The second-order valence-corrected chi connectivity index (χ2v) is 6.79. The van der Waals surface area contributed by atoms with Crippen LogP contribution >= 0.6 is 12.4 Å². The second kappa shape index (κ2) is 10.0. The summed E-state index contributed by atoms with van der Waals surface area (Å²) in [6.45, 7) is 0.123. The highest BCUT2D eigenvalue weighted by molar-refractivity contribution is 5.93. The third kappa shape index (κ3) is 4.84. The summed E-state index contributed by atoms with van der Waals surface area (Å²) < 4.78 is 10.8. The molecule has 0 aliphatic rings. The number of hydrogen-bond donors (Lipinski definition) is 2. The Morgan fingerprint density at radius 2 is 1.97 bits per heavy atom. The van der Waals surface area contributed by atoms with Crippen molar-refractivity contribution in [2.45, 2.75) is 12.5 Å². The summed E-state index contributed by atoms with van der Waals surface area (Å²) in [4.78, 5) is 4.46. The highest BCUT2D eigenvalue weighted by Crippen LogP contribution is 2.33. The molecule has 3 N–H and O–H groups in total. The molecule has 7 nitrogen and oxygen atoms in total. The summed E-state index contributed by atoms with van der Waals surface area (Å²) in [5, 5.41) is 23.1. The number of aromatic nitrogens is 2. The predicted molar refractivity (Wildman–Crippen MR) is 119 cm³/mol. The van der Waals surface area contributed by atoms with Gasteiger partial charge in [-0.3, -0.25) is 0 Å². The molecule has 0 aliphatic heterocycles. The van der Waals surface area contributed by atoms with Crippen LogP contribution in [0.15, 0.2) is 65.2 Å². The molecule has 158 valence electrons. The fourth-order valence-electron chi connectivity index (χ4n) is 3.37. The molecule has 4 rings (SSSR count). The van der Waals surface area contributed by atoms with Gasteiger partial charge in [-0.1, -0.05) is 35.5 Å². The number of benzene rings is 2. The minimum absolute atomic E-state index is 0. The Labute approximate surface area is 185 Å². The van der Waals surface area contributed by atoms with Crippen molar-refractivity contribution < 1.29 is 14.4 Å². The quantitative estimate of drug-likeness (QED) is 0.452. The van der Waals surface area contributed by atoms with Crippen LogP contribution < -0.4 is 10.5 Å². The van der Waals surface area contributed by atoms with Gasteiger partial charge in [-0.2, -0.15) is 5.26 Å². The van der Waals surface area contributed by atoms with Crippen molar-refractivity contribution >= 4 is 23.4 Å². The van der Waals surface area contributed by atoms with Gasteiger partial charge < -0.3 is 20.1 Å². The standard InChI is InChI=1S/C23H20N4O3.ClH/c24-14-15-8-9-19-21(12-15)30-27-23(19)18-6-2-1-5-17(18)20(25)13-16-4-3-7-22(26-16)29-11-10-28;/h1-9,12,20,28H,10-11,13,25H2;1H/t20-;/m0./s1. The van der Waals surface area contributed by atoms with Crippen LogP contribution in [-0.2, 0) is 6.42 Å². The first-order valence-corrected chi connectivity index (χ1v) is 9.53. The zero-order valence-electron chi connectivity index (χ0n) is 16.6. The molecule has 2 aromatic carbocycles. The van der Waals surface area contributed by atoms with Crippen molar-refractivity contribution in [3.8, 4) is 23.2 Å². The highest BCUT2D eigenvalue weighted by Gasteiger charge is 2.18. The van der Waals surface area contributed by atoms with Gasteiger partial charge in [0.2, 0.25) is 5.88 Å². The topological polar surface area (TPSA) is 118 Å². The molecule has 0 unspecified atom stereocenters. The maximum Gasteiger partial charge on any atom is 0.213 e. The van der Waals surface area contributed by atoms with Crippen molar-refractivity contribution in [2.24, 2.45) is 5.73 Å². The van der Waals surface area contributed by atoms with Crippen molar-refractivity contribution in [1.82, 2.24) is 10.1 Å². The number of aliphatic hydroxyl groups excluding tert-OH is 1. The smallest absolute Gasteiger partial charge is 0.213 e. The molecule has 0 bridgehead atoms. The maximum atomic E-state index is 9.09. The van der Waals surface area contributed by atoms with Gasteiger partial charge in [-0.15, -0.1) is 12.4 Å². The Morgan fingerprint density at radius 1 is 1.13 bits per heavy atom. The number of aliphatic hydroxyl groups is 1. The van der Waals surface area contributed by atoms with Gasteiger partial charge in [0.15, 0.2) is 5.58 Å². The van der Waals surface area contributed by atoms with Crippen molar-refractivity contribution in [3.63, 3.8) is 0 Å². The van der Waals surface area contributed by atoms with Crippen molar-refractivity contribution in [3.05, 3.63) is 77.5 Å². The fourth-order valence-corrected chi connectivity index (χ4v) is 3.37. The molecule has 2 aromatic heterocycles. The molecule has 0 radical (unpaired) electrons. The number of hydrogen-bond acceptors (Lipinski definition) is 7. The molecule has 0 saturated carbocycles. The Hall–Kier alpha value is -3.44. The van der Waals surface area contributed by atoms with Gasteiger partial charge in [0.25, 0.3) is 0 Å². The van der Waals surface area contributed by atoms with E-state index in [4.69, 9.17) is 25.4 Å². The van der Waals surface area contributed by atoms with Gasteiger partial charge in [0, 0.05) is 41.2 Å². The van der Waals surface area contributed by atoms with Crippen LogP contribution in [0.1, 0.15) is 22.9 Å². The zero-order chi connectivity index (χ0) is 20.9. The molecule has 2 heterocycles. The summed E-state index contributed by atoms with van der Waals surface area (Å²) in [7, 11) is 0. The molecule has 0 aliphatic carbocycles. The number of fused-ring (bicyclic) bond motifs is 1. The van der Waals surface area contributed by atoms with Gasteiger partial charge in [0.05, 0.1) is 18.2 Å². The summed E-state index contributed by atoms with van der Waals surface area (Å²) in [6.07, 6.45) is 0.502. The first-order valence-electron chi connectivity index (χ1n) is 9.53. The van der Waals surface area contributed by atoms with Crippen LogP contribution in [0.3, 0.4) is 0 Å². The minimum atomic E-state index is -0.327.